The molecule has 0 bridgehead atoms. The SMILES string of the molecule is CCN(C(=O)c1cc(F)ccc1-c1cc(C2CCN(C(=O)OC(C)(C)C)C2)cc2c1cnn2C)C(C)C. The topological polar surface area (TPSA) is 67.7 Å². The third-order valence-corrected chi connectivity index (χ3v) is 6.93. The highest BCUT2D eigenvalue weighted by atomic mass is 19.1. The number of carbonyl (C=O) groups excluding carboxylic acids is 2. The number of halogens is 1. The van der Waals surface area contributed by atoms with Crippen molar-refractivity contribution in [3.05, 3.63) is 53.5 Å². The molecule has 0 saturated carbocycles. The summed E-state index contributed by atoms with van der Waals surface area (Å²) in [6, 6.07) is 8.57. The van der Waals surface area contributed by atoms with Crippen LogP contribution in [-0.2, 0) is 11.8 Å². The number of amides is 2. The van der Waals surface area contributed by atoms with E-state index in [-0.39, 0.29) is 24.0 Å². The maximum Gasteiger partial charge on any atom is 0.410 e. The summed E-state index contributed by atoms with van der Waals surface area (Å²) in [5.41, 5.74) is 3.26. The molecule has 1 fully saturated rings. The predicted molar refractivity (Wildman–Crippen MR) is 143 cm³/mol. The Morgan fingerprint density at radius 2 is 1.92 bits per heavy atom. The number of likely N-dealkylation sites (tertiary alicyclic amines) is 1. The van der Waals surface area contributed by atoms with Gasteiger partial charge in [0.2, 0.25) is 0 Å². The normalized spacial score (nSPS) is 16.0. The lowest BCUT2D eigenvalue weighted by molar-refractivity contribution is 0.0292. The summed E-state index contributed by atoms with van der Waals surface area (Å²) in [6.07, 6.45) is 2.28. The summed E-state index contributed by atoms with van der Waals surface area (Å²) in [7, 11) is 1.88. The van der Waals surface area contributed by atoms with Gasteiger partial charge in [-0.3, -0.25) is 9.48 Å². The quantitative estimate of drug-likeness (QED) is 0.426. The molecule has 1 saturated heterocycles. The molecule has 0 radical (unpaired) electrons. The molecular formula is C29H37FN4O3. The molecule has 1 unspecified atom stereocenters. The van der Waals surface area contributed by atoms with E-state index >= 15 is 0 Å². The Morgan fingerprint density at radius 3 is 2.57 bits per heavy atom. The summed E-state index contributed by atoms with van der Waals surface area (Å²) in [6.45, 7) is 13.1. The zero-order valence-corrected chi connectivity index (χ0v) is 22.8. The molecule has 0 aliphatic carbocycles. The number of aryl methyl sites for hydroxylation is 1. The number of ether oxygens (including phenoxy) is 1. The second-order valence-electron chi connectivity index (χ2n) is 11.1. The van der Waals surface area contributed by atoms with Crippen molar-refractivity contribution >= 4 is 22.9 Å². The van der Waals surface area contributed by atoms with Crippen LogP contribution < -0.4 is 0 Å². The summed E-state index contributed by atoms with van der Waals surface area (Å²) < 4.78 is 21.8. The predicted octanol–water partition coefficient (Wildman–Crippen LogP) is 5.97. The minimum atomic E-state index is -0.552. The van der Waals surface area contributed by atoms with Gasteiger partial charge < -0.3 is 14.5 Å². The lowest BCUT2D eigenvalue weighted by atomic mass is 9.90. The van der Waals surface area contributed by atoms with Crippen LogP contribution in [0.25, 0.3) is 22.0 Å². The molecule has 8 heteroatoms. The van der Waals surface area contributed by atoms with Crippen molar-refractivity contribution in [1.29, 1.82) is 0 Å². The van der Waals surface area contributed by atoms with Crippen molar-refractivity contribution in [2.75, 3.05) is 19.6 Å². The average molecular weight is 509 g/mol. The summed E-state index contributed by atoms with van der Waals surface area (Å²) in [4.78, 5) is 29.7. The van der Waals surface area contributed by atoms with Gasteiger partial charge in [0.05, 0.1) is 17.3 Å². The molecule has 1 atom stereocenters. The van der Waals surface area contributed by atoms with Crippen LogP contribution in [0.15, 0.2) is 36.5 Å². The minimum absolute atomic E-state index is 0.0179. The smallest absolute Gasteiger partial charge is 0.410 e. The zero-order valence-electron chi connectivity index (χ0n) is 22.8. The van der Waals surface area contributed by atoms with Gasteiger partial charge in [-0.15, -0.1) is 0 Å². The number of rotatable bonds is 5. The van der Waals surface area contributed by atoms with Gasteiger partial charge in [0.25, 0.3) is 5.91 Å². The Bertz CT molecular complexity index is 1320. The van der Waals surface area contributed by atoms with Crippen LogP contribution >= 0.6 is 0 Å². The lowest BCUT2D eigenvalue weighted by Crippen LogP contribution is -2.37. The molecule has 1 aliphatic heterocycles. The van der Waals surface area contributed by atoms with E-state index in [2.05, 4.69) is 17.2 Å². The van der Waals surface area contributed by atoms with Gasteiger partial charge in [-0.2, -0.15) is 5.10 Å². The maximum absolute atomic E-state index is 14.4. The monoisotopic (exact) mass is 508 g/mol. The number of carbonyl (C=O) groups is 2. The van der Waals surface area contributed by atoms with Crippen LogP contribution in [0.5, 0.6) is 0 Å². The van der Waals surface area contributed by atoms with E-state index < -0.39 is 11.4 Å². The van der Waals surface area contributed by atoms with E-state index in [1.54, 1.807) is 26.7 Å². The van der Waals surface area contributed by atoms with Gasteiger partial charge in [-0.25, -0.2) is 9.18 Å². The first kappa shape index (κ1) is 26.6. The van der Waals surface area contributed by atoms with Crippen LogP contribution in [-0.4, -0.2) is 62.9 Å². The van der Waals surface area contributed by atoms with Gasteiger partial charge in [-0.05, 0) is 88.9 Å². The molecule has 7 nitrogen and oxygen atoms in total. The molecule has 4 rings (SSSR count). The first-order chi connectivity index (χ1) is 17.4. The van der Waals surface area contributed by atoms with E-state index in [0.29, 0.717) is 30.8 Å². The summed E-state index contributed by atoms with van der Waals surface area (Å²) >= 11 is 0. The second-order valence-corrected chi connectivity index (χ2v) is 11.1. The summed E-state index contributed by atoms with van der Waals surface area (Å²) in [5.74, 6) is -0.548. The third-order valence-electron chi connectivity index (χ3n) is 6.93. The van der Waals surface area contributed by atoms with Crippen LogP contribution in [0.3, 0.4) is 0 Å². The number of hydrogen-bond acceptors (Lipinski definition) is 4. The van der Waals surface area contributed by atoms with Crippen LogP contribution in [0.4, 0.5) is 9.18 Å². The Labute approximate surface area is 218 Å². The van der Waals surface area contributed by atoms with Gasteiger partial charge in [0, 0.05) is 44.0 Å². The van der Waals surface area contributed by atoms with Crippen LogP contribution in [0.2, 0.25) is 0 Å². The fourth-order valence-electron chi connectivity index (χ4n) is 5.08. The van der Waals surface area contributed by atoms with E-state index in [1.165, 1.54) is 12.1 Å². The minimum Gasteiger partial charge on any atom is -0.444 e. The van der Waals surface area contributed by atoms with E-state index in [9.17, 15) is 14.0 Å². The molecule has 198 valence electrons. The first-order valence-corrected chi connectivity index (χ1v) is 12.9. The van der Waals surface area contributed by atoms with Crippen molar-refractivity contribution in [1.82, 2.24) is 19.6 Å². The lowest BCUT2D eigenvalue weighted by Gasteiger charge is -2.26. The van der Waals surface area contributed by atoms with Gasteiger partial charge in [0.15, 0.2) is 0 Å². The second kappa shape index (κ2) is 10.1. The van der Waals surface area contributed by atoms with Crippen LogP contribution in [0, 0.1) is 5.82 Å². The van der Waals surface area contributed by atoms with E-state index in [4.69, 9.17) is 4.74 Å². The standard InChI is InChI=1S/C29H37FN4O3/c1-8-34(18(2)3)27(35)24-15-21(30)9-10-22(24)23-13-20(14-26-25(23)16-31-32(26)7)19-11-12-33(17-19)28(36)37-29(4,5)6/h9-10,13-16,18-19H,8,11-12,17H2,1-7H3. The first-order valence-electron chi connectivity index (χ1n) is 12.9. The van der Waals surface area contributed by atoms with Crippen molar-refractivity contribution in [3.63, 3.8) is 0 Å². The molecule has 2 amide bonds. The number of fused-ring (bicyclic) bond motifs is 1. The van der Waals surface area contributed by atoms with Crippen molar-refractivity contribution in [2.24, 2.45) is 7.05 Å². The number of aromatic nitrogens is 2. The summed E-state index contributed by atoms with van der Waals surface area (Å²) in [5, 5.41) is 5.36. The third kappa shape index (κ3) is 5.48. The highest BCUT2D eigenvalue weighted by molar-refractivity contribution is 6.05. The van der Waals surface area contributed by atoms with Crippen molar-refractivity contribution in [2.45, 2.75) is 65.5 Å². The Balaban J connectivity index is 1.78. The molecule has 0 spiro atoms. The Kier molecular flexibility index (Phi) is 7.31. The number of benzene rings is 2. The molecule has 37 heavy (non-hydrogen) atoms. The molecule has 3 aromatic rings. The van der Waals surface area contributed by atoms with Crippen molar-refractivity contribution < 1.29 is 18.7 Å². The maximum atomic E-state index is 14.4. The van der Waals surface area contributed by atoms with E-state index in [1.807, 2.05) is 48.6 Å². The molecular weight excluding hydrogens is 471 g/mol. The highest BCUT2D eigenvalue weighted by Crippen LogP contribution is 2.38. The fourth-order valence-corrected chi connectivity index (χ4v) is 5.08. The Morgan fingerprint density at radius 1 is 1.19 bits per heavy atom. The highest BCUT2D eigenvalue weighted by Gasteiger charge is 2.32. The number of hydrogen-bond donors (Lipinski definition) is 0. The van der Waals surface area contributed by atoms with Gasteiger partial charge in [-0.1, -0.05) is 6.07 Å². The zero-order chi connectivity index (χ0) is 27.1. The van der Waals surface area contributed by atoms with E-state index in [0.717, 1.165) is 28.5 Å². The molecule has 1 aliphatic rings. The molecule has 2 aromatic carbocycles. The molecule has 2 heterocycles. The Hall–Kier alpha value is -3.42. The average Bonchev–Trinajstić information content (AvgIpc) is 3.45. The van der Waals surface area contributed by atoms with Gasteiger partial charge in [0.1, 0.15) is 11.4 Å². The largest absolute Gasteiger partial charge is 0.444 e. The molecule has 1 aromatic heterocycles. The number of nitrogens with zero attached hydrogens (tertiary/aromatic N) is 4. The van der Waals surface area contributed by atoms with Crippen LogP contribution in [0.1, 0.15) is 69.8 Å². The van der Waals surface area contributed by atoms with Crippen molar-refractivity contribution in [3.8, 4) is 11.1 Å². The molecule has 0 N–H and O–H groups in total. The fraction of sp³-hybridized carbons (Fsp3) is 0.483. The van der Waals surface area contributed by atoms with Gasteiger partial charge >= 0.3 is 6.09 Å².